The zero-order valence-corrected chi connectivity index (χ0v) is 10.7. The van der Waals surface area contributed by atoms with E-state index in [2.05, 4.69) is 5.10 Å². The molecule has 0 amide bonds. The summed E-state index contributed by atoms with van der Waals surface area (Å²) in [5.41, 5.74) is 3.52. The fourth-order valence-electron chi connectivity index (χ4n) is 2.24. The summed E-state index contributed by atoms with van der Waals surface area (Å²) in [5.74, 6) is 0.146. The number of hydrogen-bond acceptors (Lipinski definition) is 2. The van der Waals surface area contributed by atoms with Gasteiger partial charge in [-0.3, -0.25) is 0 Å². The van der Waals surface area contributed by atoms with E-state index in [4.69, 9.17) is 0 Å². The van der Waals surface area contributed by atoms with Crippen LogP contribution >= 0.6 is 12.3 Å². The first-order chi connectivity index (χ1) is 8.70. The number of benzene rings is 1. The van der Waals surface area contributed by atoms with Gasteiger partial charge in [-0.1, -0.05) is 0 Å². The highest BCUT2D eigenvalue weighted by Crippen LogP contribution is 2.44. The van der Waals surface area contributed by atoms with E-state index in [0.29, 0.717) is 5.92 Å². The van der Waals surface area contributed by atoms with Crippen molar-refractivity contribution in [3.8, 4) is 11.3 Å². The van der Waals surface area contributed by atoms with Crippen molar-refractivity contribution in [1.82, 2.24) is 9.19 Å². The average Bonchev–Trinajstić information content (AvgIpc) is 3.15. The van der Waals surface area contributed by atoms with E-state index in [-0.39, 0.29) is 18.2 Å². The van der Waals surface area contributed by atoms with Gasteiger partial charge in [0.2, 0.25) is 0 Å². The van der Waals surface area contributed by atoms with Crippen molar-refractivity contribution in [3.63, 3.8) is 0 Å². The highest BCUT2D eigenvalue weighted by molar-refractivity contribution is 7.92. The molecule has 18 heavy (non-hydrogen) atoms. The molecule has 94 valence electrons. The van der Waals surface area contributed by atoms with Gasteiger partial charge in [-0.2, -0.15) is 9.19 Å². The van der Waals surface area contributed by atoms with E-state index in [1.54, 1.807) is 12.1 Å². The van der Waals surface area contributed by atoms with Gasteiger partial charge in [-0.05, 0) is 49.6 Å². The Labute approximate surface area is 108 Å². The molecule has 0 unspecified atom stereocenters. The molecule has 0 radical (unpaired) electrons. The average molecular weight is 266 g/mol. The van der Waals surface area contributed by atoms with Crippen molar-refractivity contribution in [2.24, 2.45) is 0 Å². The fourth-order valence-corrected chi connectivity index (χ4v) is 2.71. The predicted octanol–water partition coefficient (Wildman–Crippen LogP) is 4.26. The Morgan fingerprint density at radius 3 is 2.50 bits per heavy atom. The maximum atomic E-state index is 12.9. The zero-order valence-electron chi connectivity index (χ0n) is 9.86. The van der Waals surface area contributed by atoms with E-state index in [1.165, 1.54) is 16.2 Å². The summed E-state index contributed by atoms with van der Waals surface area (Å²) >= 11 is 0.128. The summed E-state index contributed by atoms with van der Waals surface area (Å²) in [4.78, 5) is 0. The van der Waals surface area contributed by atoms with Crippen LogP contribution in [0.3, 0.4) is 0 Å². The third kappa shape index (κ3) is 1.92. The highest BCUT2D eigenvalue weighted by Gasteiger charge is 2.31. The molecule has 0 aliphatic heterocycles. The molecule has 3 rings (SSSR count). The lowest BCUT2D eigenvalue weighted by atomic mass is 10.1. The van der Waals surface area contributed by atoms with Gasteiger partial charge < -0.3 is 0 Å². The first-order valence-electron chi connectivity index (χ1n) is 5.85. The largest absolute Gasteiger partial charge is 0.207 e. The smallest absolute Gasteiger partial charge is 0.187 e. The van der Waals surface area contributed by atoms with Gasteiger partial charge in [-0.15, -0.1) is 3.89 Å². The molecular formula is C13H12F2N2S. The van der Waals surface area contributed by atoms with Gasteiger partial charge in [-0.25, -0.2) is 4.39 Å². The molecule has 1 aliphatic rings. The van der Waals surface area contributed by atoms with E-state index < -0.39 is 0 Å². The van der Waals surface area contributed by atoms with E-state index in [9.17, 15) is 8.28 Å². The predicted molar refractivity (Wildman–Crippen MR) is 68.4 cm³/mol. The third-order valence-corrected chi connectivity index (χ3v) is 3.69. The van der Waals surface area contributed by atoms with Crippen LogP contribution in [0.15, 0.2) is 24.3 Å². The van der Waals surface area contributed by atoms with Crippen molar-refractivity contribution >= 4 is 12.3 Å². The summed E-state index contributed by atoms with van der Waals surface area (Å²) in [6.07, 6.45) is 2.19. The summed E-state index contributed by atoms with van der Waals surface area (Å²) in [5, 5.41) is 4.27. The Bertz CT molecular complexity index is 573. The number of nitrogens with zero attached hydrogens (tertiary/aromatic N) is 2. The van der Waals surface area contributed by atoms with Crippen LogP contribution in [0.25, 0.3) is 11.3 Å². The molecule has 0 saturated heterocycles. The van der Waals surface area contributed by atoms with Gasteiger partial charge in [0.05, 0.1) is 11.4 Å². The van der Waals surface area contributed by atoms with Gasteiger partial charge in [0.15, 0.2) is 12.3 Å². The molecule has 1 aromatic carbocycles. The zero-order chi connectivity index (χ0) is 12.7. The quantitative estimate of drug-likeness (QED) is 0.826. The highest BCUT2D eigenvalue weighted by atomic mass is 32.2. The van der Waals surface area contributed by atoms with E-state index >= 15 is 0 Å². The summed E-state index contributed by atoms with van der Waals surface area (Å²) in [6.45, 7) is 1.95. The molecule has 2 aromatic rings. The number of hydrogen-bond donors (Lipinski definition) is 0. The van der Waals surface area contributed by atoms with E-state index in [0.717, 1.165) is 35.4 Å². The van der Waals surface area contributed by atoms with Gasteiger partial charge >= 0.3 is 0 Å². The molecule has 1 aromatic heterocycles. The number of halogens is 2. The van der Waals surface area contributed by atoms with Crippen molar-refractivity contribution in [2.75, 3.05) is 0 Å². The minimum absolute atomic E-state index is 0.128. The number of aromatic nitrogens is 2. The Morgan fingerprint density at radius 1 is 1.28 bits per heavy atom. The van der Waals surface area contributed by atoms with Gasteiger partial charge in [0.1, 0.15) is 5.82 Å². The molecule has 0 bridgehead atoms. The maximum absolute atomic E-state index is 12.9. The lowest BCUT2D eigenvalue weighted by Crippen LogP contribution is -1.93. The molecule has 0 atom stereocenters. The number of rotatable bonds is 3. The van der Waals surface area contributed by atoms with Crippen molar-refractivity contribution in [2.45, 2.75) is 25.7 Å². The van der Waals surface area contributed by atoms with Crippen molar-refractivity contribution in [1.29, 1.82) is 0 Å². The second-order valence-electron chi connectivity index (χ2n) is 4.58. The van der Waals surface area contributed by atoms with Crippen LogP contribution in [-0.4, -0.2) is 9.19 Å². The van der Waals surface area contributed by atoms with Crippen LogP contribution in [0.4, 0.5) is 8.28 Å². The molecule has 2 nitrogen and oxygen atoms in total. The molecule has 1 aliphatic carbocycles. The first kappa shape index (κ1) is 11.7. The Balaban J connectivity index is 2.09. The summed E-state index contributed by atoms with van der Waals surface area (Å²) in [6, 6.07) is 6.14. The minimum Gasteiger partial charge on any atom is -0.207 e. The van der Waals surface area contributed by atoms with Crippen LogP contribution in [0.5, 0.6) is 0 Å². The minimum atomic E-state index is -0.280. The second kappa shape index (κ2) is 4.39. The normalized spacial score (nSPS) is 15.1. The molecule has 0 N–H and O–H groups in total. The van der Waals surface area contributed by atoms with Crippen molar-refractivity contribution < 1.29 is 8.28 Å². The third-order valence-electron chi connectivity index (χ3n) is 3.28. The molecular weight excluding hydrogens is 254 g/mol. The lowest BCUT2D eigenvalue weighted by Gasteiger charge is -2.00. The van der Waals surface area contributed by atoms with Gasteiger partial charge in [0, 0.05) is 11.5 Å². The fraction of sp³-hybridized carbons (Fsp3) is 0.308. The Hall–Kier alpha value is -1.36. The maximum Gasteiger partial charge on any atom is 0.187 e. The second-order valence-corrected chi connectivity index (χ2v) is 5.07. The van der Waals surface area contributed by atoms with Crippen LogP contribution in [0, 0.1) is 12.7 Å². The summed E-state index contributed by atoms with van der Waals surface area (Å²) in [7, 11) is 0. The molecule has 5 heteroatoms. The molecule has 1 fully saturated rings. The van der Waals surface area contributed by atoms with Crippen LogP contribution in [0.2, 0.25) is 0 Å². The monoisotopic (exact) mass is 266 g/mol. The summed E-state index contributed by atoms with van der Waals surface area (Å²) < 4.78 is 27.2. The Morgan fingerprint density at radius 2 is 1.94 bits per heavy atom. The van der Waals surface area contributed by atoms with Crippen LogP contribution in [0.1, 0.15) is 30.0 Å². The van der Waals surface area contributed by atoms with Crippen LogP contribution < -0.4 is 0 Å². The standard InChI is InChI=1S/C13H12F2N2S/c1-8-12(9-4-6-11(14)7-5-9)16-17(18-15)13(8)10-2-3-10/h4-7,10H,2-3H2,1H3. The molecule has 1 saturated carbocycles. The molecule has 0 spiro atoms. The topological polar surface area (TPSA) is 17.8 Å². The lowest BCUT2D eigenvalue weighted by molar-refractivity contribution is 0.628. The van der Waals surface area contributed by atoms with Crippen LogP contribution in [-0.2, 0) is 0 Å². The SMILES string of the molecule is Cc1c(-c2ccc(F)cc2)nn(SF)c1C1CC1. The van der Waals surface area contributed by atoms with Gasteiger partial charge in [0.25, 0.3) is 0 Å². The Kier molecular flexibility index (Phi) is 2.86. The molecule has 1 heterocycles. The first-order valence-corrected chi connectivity index (χ1v) is 6.52. The van der Waals surface area contributed by atoms with E-state index in [1.807, 2.05) is 6.92 Å². The van der Waals surface area contributed by atoms with Crippen molar-refractivity contribution in [3.05, 3.63) is 41.3 Å².